The Morgan fingerprint density at radius 3 is 2.21 bits per heavy atom. The molecule has 3 rings (SSSR count). The van der Waals surface area contributed by atoms with Crippen molar-refractivity contribution in [2.75, 3.05) is 30.5 Å². The molecule has 2 amide bonds. The van der Waals surface area contributed by atoms with E-state index in [4.69, 9.17) is 9.47 Å². The number of amides is 2. The molecule has 33 heavy (non-hydrogen) atoms. The van der Waals surface area contributed by atoms with E-state index >= 15 is 0 Å². The standard InChI is InChI=1S/C24H21F3N2O4/c25-24(26,27)18-7-5-9-20(15-18)29-23(31)17-6-4-8-19(14-17)28-22(30)16-32-12-13-33-21-10-2-1-3-11-21/h1-11,14-15H,12-13,16H2,(H,28,30)(H,29,31). The molecule has 3 aromatic carbocycles. The lowest BCUT2D eigenvalue weighted by atomic mass is 10.1. The van der Waals surface area contributed by atoms with Crippen LogP contribution in [0.25, 0.3) is 0 Å². The summed E-state index contributed by atoms with van der Waals surface area (Å²) in [6.45, 7) is 0.281. The van der Waals surface area contributed by atoms with Gasteiger partial charge in [0.1, 0.15) is 19.0 Å². The maximum Gasteiger partial charge on any atom is 0.416 e. The van der Waals surface area contributed by atoms with E-state index in [2.05, 4.69) is 10.6 Å². The zero-order valence-electron chi connectivity index (χ0n) is 17.4. The molecule has 0 radical (unpaired) electrons. The fourth-order valence-electron chi connectivity index (χ4n) is 2.81. The molecule has 172 valence electrons. The average molecular weight is 458 g/mol. The van der Waals surface area contributed by atoms with Crippen LogP contribution in [0.3, 0.4) is 0 Å². The van der Waals surface area contributed by atoms with Crippen LogP contribution in [0.2, 0.25) is 0 Å². The third-order valence-corrected chi connectivity index (χ3v) is 4.33. The highest BCUT2D eigenvalue weighted by atomic mass is 19.4. The molecule has 0 atom stereocenters. The Morgan fingerprint density at radius 1 is 0.788 bits per heavy atom. The molecule has 2 N–H and O–H groups in total. The first-order valence-corrected chi connectivity index (χ1v) is 9.95. The second-order valence-corrected chi connectivity index (χ2v) is 6.88. The summed E-state index contributed by atoms with van der Waals surface area (Å²) in [4.78, 5) is 24.5. The van der Waals surface area contributed by atoms with Crippen LogP contribution in [0.4, 0.5) is 24.5 Å². The highest BCUT2D eigenvalue weighted by Crippen LogP contribution is 2.30. The molecule has 0 heterocycles. The number of anilines is 2. The number of benzene rings is 3. The summed E-state index contributed by atoms with van der Waals surface area (Å²) in [5.74, 6) is -0.337. The van der Waals surface area contributed by atoms with Gasteiger partial charge in [0.2, 0.25) is 5.91 Å². The topological polar surface area (TPSA) is 76.7 Å². The van der Waals surface area contributed by atoms with E-state index in [1.54, 1.807) is 12.1 Å². The van der Waals surface area contributed by atoms with Crippen molar-refractivity contribution in [2.45, 2.75) is 6.18 Å². The lowest BCUT2D eigenvalue weighted by molar-refractivity contribution is -0.137. The maximum atomic E-state index is 12.8. The highest BCUT2D eigenvalue weighted by molar-refractivity contribution is 6.05. The van der Waals surface area contributed by atoms with E-state index in [9.17, 15) is 22.8 Å². The number of hydrogen-bond acceptors (Lipinski definition) is 4. The summed E-state index contributed by atoms with van der Waals surface area (Å²) < 4.78 is 49.3. The third kappa shape index (κ3) is 7.65. The van der Waals surface area contributed by atoms with Gasteiger partial charge in [0, 0.05) is 16.9 Å². The van der Waals surface area contributed by atoms with Crippen LogP contribution in [0.5, 0.6) is 5.75 Å². The van der Waals surface area contributed by atoms with Gasteiger partial charge in [-0.25, -0.2) is 0 Å². The first-order valence-electron chi connectivity index (χ1n) is 9.95. The predicted octanol–water partition coefficient (Wildman–Crippen LogP) is 4.99. The van der Waals surface area contributed by atoms with Crippen molar-refractivity contribution in [1.82, 2.24) is 0 Å². The molecule has 0 fully saturated rings. The van der Waals surface area contributed by atoms with Crippen LogP contribution >= 0.6 is 0 Å². The molecule has 0 bridgehead atoms. The van der Waals surface area contributed by atoms with Gasteiger partial charge < -0.3 is 20.1 Å². The molecule has 9 heteroatoms. The van der Waals surface area contributed by atoms with Crippen molar-refractivity contribution in [3.05, 3.63) is 90.0 Å². The molecule has 0 aliphatic heterocycles. The minimum atomic E-state index is -4.51. The van der Waals surface area contributed by atoms with Crippen LogP contribution in [0.1, 0.15) is 15.9 Å². The molecule has 3 aromatic rings. The predicted molar refractivity (Wildman–Crippen MR) is 117 cm³/mol. The van der Waals surface area contributed by atoms with Gasteiger partial charge in [-0.15, -0.1) is 0 Å². The van der Waals surface area contributed by atoms with Crippen molar-refractivity contribution in [3.8, 4) is 5.75 Å². The van der Waals surface area contributed by atoms with E-state index < -0.39 is 23.6 Å². The van der Waals surface area contributed by atoms with E-state index in [1.807, 2.05) is 30.3 Å². The van der Waals surface area contributed by atoms with E-state index in [0.717, 1.165) is 12.1 Å². The summed E-state index contributed by atoms with van der Waals surface area (Å²) in [7, 11) is 0. The summed E-state index contributed by atoms with van der Waals surface area (Å²) in [5, 5.41) is 5.03. The van der Waals surface area contributed by atoms with Gasteiger partial charge in [0.15, 0.2) is 0 Å². The Balaban J connectivity index is 1.47. The SMILES string of the molecule is O=C(COCCOc1ccccc1)Nc1cccc(C(=O)Nc2cccc(C(F)(F)F)c2)c1. The quantitative estimate of drug-likeness (QED) is 0.443. The van der Waals surface area contributed by atoms with Crippen LogP contribution < -0.4 is 15.4 Å². The molecule has 0 saturated heterocycles. The van der Waals surface area contributed by atoms with Gasteiger partial charge in [-0.05, 0) is 48.5 Å². The number of alkyl halides is 3. The third-order valence-electron chi connectivity index (χ3n) is 4.33. The maximum absolute atomic E-state index is 12.8. The number of carbonyl (C=O) groups is 2. The van der Waals surface area contributed by atoms with Gasteiger partial charge in [0.05, 0.1) is 12.2 Å². The second kappa shape index (κ2) is 11.1. The van der Waals surface area contributed by atoms with Crippen LogP contribution in [0.15, 0.2) is 78.9 Å². The molecular weight excluding hydrogens is 437 g/mol. The molecule has 0 saturated carbocycles. The van der Waals surface area contributed by atoms with E-state index in [-0.39, 0.29) is 31.1 Å². The molecule has 0 aliphatic carbocycles. The number of halogens is 3. The van der Waals surface area contributed by atoms with Gasteiger partial charge >= 0.3 is 6.18 Å². The number of rotatable bonds is 9. The summed E-state index contributed by atoms with van der Waals surface area (Å²) in [6.07, 6.45) is -4.51. The van der Waals surface area contributed by atoms with E-state index in [1.165, 1.54) is 24.3 Å². The highest BCUT2D eigenvalue weighted by Gasteiger charge is 2.30. The largest absolute Gasteiger partial charge is 0.491 e. The summed E-state index contributed by atoms with van der Waals surface area (Å²) >= 11 is 0. The normalized spacial score (nSPS) is 11.0. The van der Waals surface area contributed by atoms with Crippen LogP contribution in [-0.4, -0.2) is 31.6 Å². The van der Waals surface area contributed by atoms with Crippen molar-refractivity contribution in [1.29, 1.82) is 0 Å². The molecule has 0 aliphatic rings. The average Bonchev–Trinajstić information content (AvgIpc) is 2.79. The number of ether oxygens (including phenoxy) is 2. The number of para-hydroxylation sites is 1. The zero-order chi connectivity index (χ0) is 23.7. The Morgan fingerprint density at radius 2 is 1.48 bits per heavy atom. The van der Waals surface area contributed by atoms with E-state index in [0.29, 0.717) is 11.4 Å². The molecule has 6 nitrogen and oxygen atoms in total. The molecule has 0 aromatic heterocycles. The fourth-order valence-corrected chi connectivity index (χ4v) is 2.81. The first kappa shape index (κ1) is 23.8. The van der Waals surface area contributed by atoms with Crippen molar-refractivity contribution in [3.63, 3.8) is 0 Å². The molecule has 0 unspecified atom stereocenters. The van der Waals surface area contributed by atoms with Crippen LogP contribution in [0, 0.1) is 0 Å². The lowest BCUT2D eigenvalue weighted by Crippen LogP contribution is -2.20. The Kier molecular flexibility index (Phi) is 8.04. The fraction of sp³-hybridized carbons (Fsp3) is 0.167. The van der Waals surface area contributed by atoms with Crippen LogP contribution in [-0.2, 0) is 15.7 Å². The van der Waals surface area contributed by atoms with Gasteiger partial charge in [-0.3, -0.25) is 9.59 Å². The van der Waals surface area contributed by atoms with Crippen molar-refractivity contribution < 1.29 is 32.2 Å². The second-order valence-electron chi connectivity index (χ2n) is 6.88. The minimum Gasteiger partial charge on any atom is -0.491 e. The smallest absolute Gasteiger partial charge is 0.416 e. The first-order chi connectivity index (χ1) is 15.8. The Hall–Kier alpha value is -3.85. The number of nitrogens with one attached hydrogen (secondary N) is 2. The molecular formula is C24H21F3N2O4. The van der Waals surface area contributed by atoms with Crippen molar-refractivity contribution in [2.24, 2.45) is 0 Å². The summed E-state index contributed by atoms with van der Waals surface area (Å²) in [5.41, 5.74) is -0.339. The lowest BCUT2D eigenvalue weighted by Gasteiger charge is -2.11. The summed E-state index contributed by atoms with van der Waals surface area (Å²) in [6, 6.07) is 19.5. The Bertz CT molecular complexity index is 1090. The van der Waals surface area contributed by atoms with Gasteiger partial charge in [-0.2, -0.15) is 13.2 Å². The zero-order valence-corrected chi connectivity index (χ0v) is 17.4. The Labute approximate surface area is 188 Å². The van der Waals surface area contributed by atoms with Crippen molar-refractivity contribution >= 4 is 23.2 Å². The van der Waals surface area contributed by atoms with Gasteiger partial charge in [0.25, 0.3) is 5.91 Å². The monoisotopic (exact) mass is 458 g/mol. The minimum absolute atomic E-state index is 0.00962. The molecule has 0 spiro atoms. The number of hydrogen-bond donors (Lipinski definition) is 2. The van der Waals surface area contributed by atoms with Gasteiger partial charge in [-0.1, -0.05) is 30.3 Å². The number of carbonyl (C=O) groups excluding carboxylic acids is 2.